The number of ether oxygens (including phenoxy) is 1. The van der Waals surface area contributed by atoms with Gasteiger partial charge in [-0.2, -0.15) is 0 Å². The molecule has 6 heteroatoms. The summed E-state index contributed by atoms with van der Waals surface area (Å²) in [6.45, 7) is 0. The van der Waals surface area contributed by atoms with Crippen LogP contribution in [0.4, 0.5) is 0 Å². The highest BCUT2D eigenvalue weighted by Gasteiger charge is 2.34. The van der Waals surface area contributed by atoms with E-state index >= 15 is 0 Å². The van der Waals surface area contributed by atoms with E-state index in [0.29, 0.717) is 17.2 Å². The predicted octanol–water partition coefficient (Wildman–Crippen LogP) is 3.52. The summed E-state index contributed by atoms with van der Waals surface area (Å²) in [4.78, 5) is 15.1. The zero-order chi connectivity index (χ0) is 17.6. The third-order valence-corrected chi connectivity index (χ3v) is 5.06. The standard InChI is InChI=1S/C19H17ClN2O3/c1-25-10-6-7-12(14(20)8-10)17-18-13(9-16(22-17)19(23)24)11-4-2-3-5-15(11)21-18/h2-8,16-17,21-22H,9H2,1H3,(H,23,24). The molecule has 2 unspecified atom stereocenters. The normalized spacial score (nSPS) is 19.6. The van der Waals surface area contributed by atoms with Crippen LogP contribution in [0.3, 0.4) is 0 Å². The molecule has 0 aliphatic carbocycles. The zero-order valence-electron chi connectivity index (χ0n) is 13.5. The lowest BCUT2D eigenvalue weighted by atomic mass is 9.90. The molecule has 0 amide bonds. The van der Waals surface area contributed by atoms with Gasteiger partial charge in [-0.15, -0.1) is 0 Å². The summed E-state index contributed by atoms with van der Waals surface area (Å²) in [5, 5.41) is 14.4. The number of nitrogens with one attached hydrogen (secondary N) is 2. The van der Waals surface area contributed by atoms with Crippen molar-refractivity contribution in [2.45, 2.75) is 18.5 Å². The lowest BCUT2D eigenvalue weighted by Crippen LogP contribution is -2.45. The highest BCUT2D eigenvalue weighted by molar-refractivity contribution is 6.31. The van der Waals surface area contributed by atoms with Crippen molar-refractivity contribution < 1.29 is 14.6 Å². The van der Waals surface area contributed by atoms with Crippen molar-refractivity contribution in [2.24, 2.45) is 0 Å². The molecule has 0 saturated carbocycles. The third-order valence-electron chi connectivity index (χ3n) is 4.73. The van der Waals surface area contributed by atoms with E-state index in [1.807, 2.05) is 36.4 Å². The number of aliphatic carboxylic acids is 1. The van der Waals surface area contributed by atoms with Gasteiger partial charge in [0, 0.05) is 28.0 Å². The van der Waals surface area contributed by atoms with E-state index in [0.717, 1.165) is 27.7 Å². The molecule has 128 valence electrons. The topological polar surface area (TPSA) is 74.3 Å². The van der Waals surface area contributed by atoms with E-state index in [1.54, 1.807) is 13.2 Å². The molecule has 2 atom stereocenters. The summed E-state index contributed by atoms with van der Waals surface area (Å²) < 4.78 is 5.21. The molecule has 5 nitrogen and oxygen atoms in total. The molecule has 0 fully saturated rings. The van der Waals surface area contributed by atoms with E-state index in [-0.39, 0.29) is 6.04 Å². The Labute approximate surface area is 149 Å². The maximum absolute atomic E-state index is 11.7. The molecule has 25 heavy (non-hydrogen) atoms. The van der Waals surface area contributed by atoms with Crippen molar-refractivity contribution in [1.82, 2.24) is 10.3 Å². The lowest BCUT2D eigenvalue weighted by molar-refractivity contribution is -0.139. The highest BCUT2D eigenvalue weighted by Crippen LogP contribution is 2.38. The van der Waals surface area contributed by atoms with Crippen LogP contribution in [-0.4, -0.2) is 29.2 Å². The Morgan fingerprint density at radius 3 is 2.80 bits per heavy atom. The van der Waals surface area contributed by atoms with Crippen LogP contribution in [0, 0.1) is 0 Å². The first-order chi connectivity index (χ1) is 12.1. The Bertz CT molecular complexity index is 966. The van der Waals surface area contributed by atoms with Gasteiger partial charge in [-0.3, -0.25) is 10.1 Å². The fourth-order valence-corrected chi connectivity index (χ4v) is 3.79. The van der Waals surface area contributed by atoms with Gasteiger partial charge in [0.15, 0.2) is 0 Å². The summed E-state index contributed by atoms with van der Waals surface area (Å²) in [7, 11) is 1.58. The van der Waals surface area contributed by atoms with E-state index in [9.17, 15) is 9.90 Å². The van der Waals surface area contributed by atoms with Crippen molar-refractivity contribution in [3.8, 4) is 5.75 Å². The minimum absolute atomic E-state index is 0.323. The largest absolute Gasteiger partial charge is 0.497 e. The van der Waals surface area contributed by atoms with Crippen molar-refractivity contribution in [1.29, 1.82) is 0 Å². The molecule has 0 radical (unpaired) electrons. The van der Waals surface area contributed by atoms with Crippen LogP contribution in [0.25, 0.3) is 10.9 Å². The lowest BCUT2D eigenvalue weighted by Gasteiger charge is -2.30. The molecular weight excluding hydrogens is 340 g/mol. The quantitative estimate of drug-likeness (QED) is 0.671. The van der Waals surface area contributed by atoms with Crippen LogP contribution in [-0.2, 0) is 11.2 Å². The molecule has 0 bridgehead atoms. The number of hydrogen-bond acceptors (Lipinski definition) is 3. The monoisotopic (exact) mass is 356 g/mol. The second kappa shape index (κ2) is 6.10. The molecular formula is C19H17ClN2O3. The number of carbonyl (C=O) groups is 1. The number of H-pyrrole nitrogens is 1. The van der Waals surface area contributed by atoms with Gasteiger partial charge in [-0.1, -0.05) is 35.9 Å². The van der Waals surface area contributed by atoms with Crippen LogP contribution in [0.1, 0.15) is 22.9 Å². The van der Waals surface area contributed by atoms with E-state index in [1.165, 1.54) is 0 Å². The molecule has 0 saturated heterocycles. The zero-order valence-corrected chi connectivity index (χ0v) is 14.3. The maximum Gasteiger partial charge on any atom is 0.321 e. The van der Waals surface area contributed by atoms with E-state index in [4.69, 9.17) is 16.3 Å². The molecule has 2 aromatic carbocycles. The highest BCUT2D eigenvalue weighted by atomic mass is 35.5. The maximum atomic E-state index is 11.7. The van der Waals surface area contributed by atoms with Crippen LogP contribution >= 0.6 is 11.6 Å². The van der Waals surface area contributed by atoms with E-state index < -0.39 is 12.0 Å². The number of carboxylic acids is 1. The van der Waals surface area contributed by atoms with Crippen molar-refractivity contribution in [2.75, 3.05) is 7.11 Å². The molecule has 3 N–H and O–H groups in total. The Hall–Kier alpha value is -2.50. The fourth-order valence-electron chi connectivity index (χ4n) is 3.51. The first kappa shape index (κ1) is 16.0. The molecule has 1 aliphatic rings. The molecule has 1 aromatic heterocycles. The van der Waals surface area contributed by atoms with Gasteiger partial charge in [-0.05, 0) is 29.3 Å². The fraction of sp³-hybridized carbons (Fsp3) is 0.211. The number of methoxy groups -OCH3 is 1. The van der Waals surface area contributed by atoms with Crippen LogP contribution in [0.2, 0.25) is 5.02 Å². The number of carboxylic acid groups (broad SMARTS) is 1. The average Bonchev–Trinajstić information content (AvgIpc) is 2.99. The first-order valence-electron chi connectivity index (χ1n) is 8.00. The van der Waals surface area contributed by atoms with Gasteiger partial charge >= 0.3 is 5.97 Å². The molecule has 1 aliphatic heterocycles. The van der Waals surface area contributed by atoms with Crippen LogP contribution in [0.15, 0.2) is 42.5 Å². The molecule has 0 spiro atoms. The number of aromatic nitrogens is 1. The second-order valence-corrected chi connectivity index (χ2v) is 6.55. The Morgan fingerprint density at radius 1 is 1.28 bits per heavy atom. The van der Waals surface area contributed by atoms with Crippen molar-refractivity contribution in [3.63, 3.8) is 0 Å². The number of fused-ring (bicyclic) bond motifs is 3. The summed E-state index contributed by atoms with van der Waals surface area (Å²) in [6, 6.07) is 12.4. The number of aromatic amines is 1. The Morgan fingerprint density at radius 2 is 2.08 bits per heavy atom. The summed E-state index contributed by atoms with van der Waals surface area (Å²) in [6.07, 6.45) is 0.430. The number of benzene rings is 2. The van der Waals surface area contributed by atoms with Gasteiger partial charge in [0.1, 0.15) is 11.8 Å². The van der Waals surface area contributed by atoms with Crippen LogP contribution in [0.5, 0.6) is 5.75 Å². The summed E-state index contributed by atoms with van der Waals surface area (Å²) >= 11 is 6.45. The average molecular weight is 357 g/mol. The minimum atomic E-state index is -0.870. The van der Waals surface area contributed by atoms with Gasteiger partial charge in [-0.25, -0.2) is 0 Å². The van der Waals surface area contributed by atoms with Crippen LogP contribution < -0.4 is 10.1 Å². The van der Waals surface area contributed by atoms with Gasteiger partial charge in [0.05, 0.1) is 13.2 Å². The van der Waals surface area contributed by atoms with Crippen molar-refractivity contribution >= 4 is 28.5 Å². The van der Waals surface area contributed by atoms with Gasteiger partial charge in [0.25, 0.3) is 0 Å². The molecule has 3 aromatic rings. The molecule has 4 rings (SSSR count). The number of rotatable bonds is 3. The predicted molar refractivity (Wildman–Crippen MR) is 96.4 cm³/mol. The van der Waals surface area contributed by atoms with Gasteiger partial charge in [0.2, 0.25) is 0 Å². The van der Waals surface area contributed by atoms with E-state index in [2.05, 4.69) is 10.3 Å². The molecule has 2 heterocycles. The summed E-state index contributed by atoms with van der Waals surface area (Å²) in [5.41, 5.74) is 3.81. The second-order valence-electron chi connectivity index (χ2n) is 6.14. The Balaban J connectivity index is 1.89. The van der Waals surface area contributed by atoms with Crippen molar-refractivity contribution in [3.05, 3.63) is 64.3 Å². The first-order valence-corrected chi connectivity index (χ1v) is 8.38. The smallest absolute Gasteiger partial charge is 0.321 e. The van der Waals surface area contributed by atoms with Gasteiger partial charge < -0.3 is 14.8 Å². The third kappa shape index (κ3) is 2.65. The summed E-state index contributed by atoms with van der Waals surface area (Å²) in [5.74, 6) is -0.207. The Kier molecular flexibility index (Phi) is 3.90. The number of hydrogen-bond donors (Lipinski definition) is 3. The minimum Gasteiger partial charge on any atom is -0.497 e. The number of halogens is 1. The number of para-hydroxylation sites is 1. The SMILES string of the molecule is COc1ccc(C2NC(C(=O)O)Cc3c2[nH]c2ccccc32)c(Cl)c1.